The molecule has 2 fully saturated rings. The van der Waals surface area contributed by atoms with E-state index >= 15 is 0 Å². The van der Waals surface area contributed by atoms with Gasteiger partial charge in [0.15, 0.2) is 0 Å². The number of rotatable bonds is 4. The molecule has 1 aliphatic carbocycles. The van der Waals surface area contributed by atoms with Gasteiger partial charge >= 0.3 is 5.97 Å². The van der Waals surface area contributed by atoms with Gasteiger partial charge in [-0.25, -0.2) is 0 Å². The highest BCUT2D eigenvalue weighted by Crippen LogP contribution is 2.32. The Hall–Kier alpha value is -0.650. The second-order valence-corrected chi connectivity index (χ2v) is 5.63. The Kier molecular flexibility index (Phi) is 4.59. The molecule has 3 N–H and O–H groups in total. The van der Waals surface area contributed by atoms with E-state index in [9.17, 15) is 9.90 Å². The molecule has 1 saturated carbocycles. The normalized spacial score (nSPS) is 37.4. The molecule has 0 radical (unpaired) electrons. The van der Waals surface area contributed by atoms with Crippen molar-refractivity contribution in [1.29, 1.82) is 0 Å². The number of carboxylic acid groups (broad SMARTS) is 1. The molecule has 0 aromatic rings. The van der Waals surface area contributed by atoms with Crippen molar-refractivity contribution in [3.63, 3.8) is 0 Å². The zero-order valence-corrected chi connectivity index (χ0v) is 10.7. The largest absolute Gasteiger partial charge is 0.481 e. The molecule has 0 aromatic carbocycles. The summed E-state index contributed by atoms with van der Waals surface area (Å²) >= 11 is 0. The molecule has 2 rings (SSSR count). The van der Waals surface area contributed by atoms with E-state index in [-0.39, 0.29) is 5.92 Å². The molecule has 1 unspecified atom stereocenters. The maximum atomic E-state index is 10.9. The minimum absolute atomic E-state index is 0.275. The third kappa shape index (κ3) is 3.67. The van der Waals surface area contributed by atoms with Crippen molar-refractivity contribution in [2.24, 2.45) is 5.92 Å². The van der Waals surface area contributed by atoms with Crippen LogP contribution in [0.2, 0.25) is 0 Å². The van der Waals surface area contributed by atoms with Crippen molar-refractivity contribution in [1.82, 2.24) is 5.32 Å². The van der Waals surface area contributed by atoms with Crippen LogP contribution in [0.3, 0.4) is 0 Å². The number of ether oxygens (including phenoxy) is 1. The van der Waals surface area contributed by atoms with Gasteiger partial charge in [0.1, 0.15) is 0 Å². The number of hydrogen-bond donors (Lipinski definition) is 3. The van der Waals surface area contributed by atoms with Crippen LogP contribution in [0.4, 0.5) is 0 Å². The lowest BCUT2D eigenvalue weighted by Gasteiger charge is -2.36. The van der Waals surface area contributed by atoms with Gasteiger partial charge in [0, 0.05) is 19.2 Å². The summed E-state index contributed by atoms with van der Waals surface area (Å²) in [4.78, 5) is 10.9. The first kappa shape index (κ1) is 13.8. The van der Waals surface area contributed by atoms with Crippen molar-refractivity contribution in [3.8, 4) is 0 Å². The van der Waals surface area contributed by atoms with E-state index in [2.05, 4.69) is 5.32 Å². The van der Waals surface area contributed by atoms with Crippen LogP contribution in [0, 0.1) is 5.92 Å². The van der Waals surface area contributed by atoms with Crippen LogP contribution in [0.5, 0.6) is 0 Å². The van der Waals surface area contributed by atoms with E-state index in [1.807, 2.05) is 0 Å². The van der Waals surface area contributed by atoms with Gasteiger partial charge in [-0.05, 0) is 38.5 Å². The highest BCUT2D eigenvalue weighted by atomic mass is 16.5. The van der Waals surface area contributed by atoms with Crippen LogP contribution >= 0.6 is 0 Å². The first-order valence-corrected chi connectivity index (χ1v) is 6.85. The second-order valence-electron chi connectivity index (χ2n) is 5.63. The van der Waals surface area contributed by atoms with Gasteiger partial charge in [0.05, 0.1) is 18.1 Å². The third-order valence-corrected chi connectivity index (χ3v) is 4.15. The average Bonchev–Trinajstić information content (AvgIpc) is 2.38. The summed E-state index contributed by atoms with van der Waals surface area (Å²) in [7, 11) is 0. The highest BCUT2D eigenvalue weighted by molar-refractivity contribution is 5.70. The maximum absolute atomic E-state index is 10.9. The number of aliphatic hydroxyl groups is 1. The molecule has 0 aromatic heterocycles. The first-order chi connectivity index (χ1) is 8.59. The quantitative estimate of drug-likeness (QED) is 0.693. The van der Waals surface area contributed by atoms with Crippen LogP contribution in [-0.2, 0) is 9.53 Å². The fraction of sp³-hybridized carbons (Fsp3) is 0.923. The van der Waals surface area contributed by atoms with Crippen molar-refractivity contribution in [2.45, 2.75) is 50.2 Å². The average molecular weight is 257 g/mol. The van der Waals surface area contributed by atoms with Gasteiger partial charge in [-0.1, -0.05) is 0 Å². The topological polar surface area (TPSA) is 78.8 Å². The molecule has 0 bridgehead atoms. The number of carbonyl (C=O) groups is 1. The van der Waals surface area contributed by atoms with Crippen molar-refractivity contribution >= 4 is 5.97 Å². The van der Waals surface area contributed by atoms with Gasteiger partial charge in [0.2, 0.25) is 0 Å². The molecule has 1 heterocycles. The van der Waals surface area contributed by atoms with E-state index in [4.69, 9.17) is 9.84 Å². The van der Waals surface area contributed by atoms with E-state index in [0.717, 1.165) is 19.4 Å². The molecule has 1 atom stereocenters. The van der Waals surface area contributed by atoms with Crippen LogP contribution in [0.15, 0.2) is 0 Å². The molecular formula is C13H23NO4. The molecular weight excluding hydrogens is 234 g/mol. The lowest BCUT2D eigenvalue weighted by molar-refractivity contribution is -0.144. The molecule has 2 aliphatic rings. The Labute approximate surface area is 108 Å². The fourth-order valence-corrected chi connectivity index (χ4v) is 2.81. The van der Waals surface area contributed by atoms with Gasteiger partial charge in [0.25, 0.3) is 0 Å². The Bertz CT molecular complexity index is 281. The van der Waals surface area contributed by atoms with Crippen LogP contribution < -0.4 is 5.32 Å². The predicted octanol–water partition coefficient (Wildman–Crippen LogP) is 0.761. The van der Waals surface area contributed by atoms with Gasteiger partial charge in [-0.3, -0.25) is 4.79 Å². The summed E-state index contributed by atoms with van der Waals surface area (Å²) in [6.07, 6.45) is 4.46. The Morgan fingerprint density at radius 3 is 2.61 bits per heavy atom. The minimum atomic E-state index is -0.733. The number of hydrogen-bond acceptors (Lipinski definition) is 4. The summed E-state index contributed by atoms with van der Waals surface area (Å²) in [5, 5.41) is 22.7. The summed E-state index contributed by atoms with van der Waals surface area (Å²) in [6.45, 7) is 2.10. The third-order valence-electron chi connectivity index (χ3n) is 4.15. The summed E-state index contributed by atoms with van der Waals surface area (Å²) in [6, 6.07) is 0.333. The maximum Gasteiger partial charge on any atom is 0.306 e. The summed E-state index contributed by atoms with van der Waals surface area (Å²) in [5.41, 5.74) is -0.733. The van der Waals surface area contributed by atoms with E-state index < -0.39 is 11.6 Å². The smallest absolute Gasteiger partial charge is 0.306 e. The first-order valence-electron chi connectivity index (χ1n) is 6.85. The minimum Gasteiger partial charge on any atom is -0.481 e. The predicted molar refractivity (Wildman–Crippen MR) is 66.4 cm³/mol. The molecule has 5 heteroatoms. The molecule has 5 nitrogen and oxygen atoms in total. The van der Waals surface area contributed by atoms with Crippen LogP contribution in [0.1, 0.15) is 38.5 Å². The van der Waals surface area contributed by atoms with Crippen molar-refractivity contribution in [3.05, 3.63) is 0 Å². The monoisotopic (exact) mass is 257 g/mol. The Balaban J connectivity index is 1.73. The van der Waals surface area contributed by atoms with Gasteiger partial charge in [-0.15, -0.1) is 0 Å². The number of carboxylic acids is 1. The van der Waals surface area contributed by atoms with Crippen LogP contribution in [-0.4, -0.2) is 47.6 Å². The van der Waals surface area contributed by atoms with Gasteiger partial charge in [-0.2, -0.15) is 0 Å². The molecule has 0 amide bonds. The van der Waals surface area contributed by atoms with Gasteiger partial charge < -0.3 is 20.3 Å². The summed E-state index contributed by atoms with van der Waals surface area (Å²) < 4.78 is 5.38. The Morgan fingerprint density at radius 2 is 2.06 bits per heavy atom. The molecule has 104 valence electrons. The van der Waals surface area contributed by atoms with E-state index in [0.29, 0.717) is 44.9 Å². The molecule has 1 saturated heterocycles. The molecule has 0 spiro atoms. The van der Waals surface area contributed by atoms with E-state index in [1.165, 1.54) is 0 Å². The molecule has 18 heavy (non-hydrogen) atoms. The zero-order valence-electron chi connectivity index (χ0n) is 10.7. The second kappa shape index (κ2) is 5.99. The number of aliphatic carboxylic acids is 1. The fourth-order valence-electron chi connectivity index (χ4n) is 2.81. The van der Waals surface area contributed by atoms with Crippen LogP contribution in [0.25, 0.3) is 0 Å². The summed E-state index contributed by atoms with van der Waals surface area (Å²) in [5.74, 6) is -1.01. The van der Waals surface area contributed by atoms with Crippen molar-refractivity contribution in [2.75, 3.05) is 19.8 Å². The number of nitrogens with one attached hydrogen (secondary N) is 1. The van der Waals surface area contributed by atoms with E-state index in [1.54, 1.807) is 0 Å². The standard InChI is InChI=1S/C13H23NO4/c15-12(16)10-3-5-13(17,6-4-10)9-14-11-2-1-7-18-8-11/h10-11,14,17H,1-9H2,(H,15,16). The molecule has 1 aliphatic heterocycles. The SMILES string of the molecule is O=C(O)C1CCC(O)(CNC2CCCOC2)CC1. The zero-order chi connectivity index (χ0) is 13.0. The highest BCUT2D eigenvalue weighted by Gasteiger charge is 2.36. The lowest BCUT2D eigenvalue weighted by atomic mass is 9.78. The Morgan fingerprint density at radius 1 is 1.33 bits per heavy atom. The van der Waals surface area contributed by atoms with Crippen molar-refractivity contribution < 1.29 is 19.7 Å². The lowest BCUT2D eigenvalue weighted by Crippen LogP contribution is -2.49.